The summed E-state index contributed by atoms with van der Waals surface area (Å²) in [6, 6.07) is 8.50. The fraction of sp³-hybridized carbons (Fsp3) is 0.524. The molecule has 0 saturated heterocycles. The standard InChI is InChI=1S/C21H30O5/c1-4-5-6-7-8-9-13-16-19(24-20(22)17(2)3)25-26-21(23)18-14-11-10-12-15-18/h10-12,14-15,19H,2,4-9,13,16H2,1,3H3. The highest BCUT2D eigenvalue weighted by molar-refractivity contribution is 5.89. The zero-order valence-corrected chi connectivity index (χ0v) is 15.9. The Bertz CT molecular complexity index is 553. The molecule has 1 aromatic rings. The molecule has 0 fully saturated rings. The van der Waals surface area contributed by atoms with Gasteiger partial charge >= 0.3 is 11.9 Å². The van der Waals surface area contributed by atoms with Crippen LogP contribution in [0.15, 0.2) is 42.5 Å². The van der Waals surface area contributed by atoms with Crippen LogP contribution in [0.3, 0.4) is 0 Å². The zero-order valence-electron chi connectivity index (χ0n) is 15.9. The van der Waals surface area contributed by atoms with Crippen molar-refractivity contribution in [3.05, 3.63) is 48.0 Å². The molecular weight excluding hydrogens is 332 g/mol. The molecule has 1 aromatic carbocycles. The van der Waals surface area contributed by atoms with Crippen LogP contribution >= 0.6 is 0 Å². The van der Waals surface area contributed by atoms with Crippen LogP contribution in [-0.2, 0) is 19.3 Å². The number of ether oxygens (including phenoxy) is 1. The Labute approximate surface area is 156 Å². The summed E-state index contributed by atoms with van der Waals surface area (Å²) in [7, 11) is 0. The molecule has 5 heteroatoms. The Hall–Kier alpha value is -2.14. The number of carbonyl (C=O) groups excluding carboxylic acids is 2. The average Bonchev–Trinajstić information content (AvgIpc) is 2.65. The van der Waals surface area contributed by atoms with Crippen molar-refractivity contribution in [1.29, 1.82) is 0 Å². The largest absolute Gasteiger partial charge is 0.428 e. The van der Waals surface area contributed by atoms with Crippen LogP contribution in [0.25, 0.3) is 0 Å². The van der Waals surface area contributed by atoms with Crippen molar-refractivity contribution in [3.8, 4) is 0 Å². The number of esters is 1. The van der Waals surface area contributed by atoms with Crippen molar-refractivity contribution >= 4 is 11.9 Å². The molecule has 26 heavy (non-hydrogen) atoms. The van der Waals surface area contributed by atoms with E-state index in [1.165, 1.54) is 25.7 Å². The number of rotatable bonds is 13. The second-order valence-electron chi connectivity index (χ2n) is 6.36. The fourth-order valence-corrected chi connectivity index (χ4v) is 2.33. The van der Waals surface area contributed by atoms with Gasteiger partial charge in [-0.15, -0.1) is 4.89 Å². The zero-order chi connectivity index (χ0) is 19.2. The maximum atomic E-state index is 11.9. The lowest BCUT2D eigenvalue weighted by molar-refractivity contribution is -0.331. The van der Waals surface area contributed by atoms with E-state index in [1.807, 2.05) is 0 Å². The molecule has 0 bridgehead atoms. The van der Waals surface area contributed by atoms with E-state index in [0.717, 1.165) is 19.3 Å². The van der Waals surface area contributed by atoms with Gasteiger partial charge in [-0.05, 0) is 25.5 Å². The van der Waals surface area contributed by atoms with Gasteiger partial charge in [0, 0.05) is 12.0 Å². The van der Waals surface area contributed by atoms with E-state index in [1.54, 1.807) is 37.3 Å². The molecular formula is C21H30O5. The smallest absolute Gasteiger partial charge is 0.373 e. The molecule has 0 aromatic heterocycles. The number of hydrogen-bond acceptors (Lipinski definition) is 5. The van der Waals surface area contributed by atoms with Gasteiger partial charge in [-0.25, -0.2) is 9.59 Å². The molecule has 1 rings (SSSR count). The molecule has 0 spiro atoms. The van der Waals surface area contributed by atoms with Gasteiger partial charge in [-0.2, -0.15) is 0 Å². The van der Waals surface area contributed by atoms with E-state index in [-0.39, 0.29) is 5.57 Å². The first kappa shape index (κ1) is 21.9. The Morgan fingerprint density at radius 3 is 2.23 bits per heavy atom. The molecule has 0 radical (unpaired) electrons. The molecule has 0 N–H and O–H groups in total. The number of hydrogen-bond donors (Lipinski definition) is 0. The second kappa shape index (κ2) is 13.1. The summed E-state index contributed by atoms with van der Waals surface area (Å²) < 4.78 is 5.21. The molecule has 0 saturated carbocycles. The summed E-state index contributed by atoms with van der Waals surface area (Å²) in [5.74, 6) is -1.18. The topological polar surface area (TPSA) is 61.8 Å². The van der Waals surface area contributed by atoms with Crippen LogP contribution in [0, 0.1) is 0 Å². The van der Waals surface area contributed by atoms with Gasteiger partial charge < -0.3 is 4.74 Å². The molecule has 0 aliphatic carbocycles. The Morgan fingerprint density at radius 2 is 1.62 bits per heavy atom. The molecule has 0 amide bonds. The third kappa shape index (κ3) is 9.37. The molecule has 1 unspecified atom stereocenters. The maximum absolute atomic E-state index is 11.9. The highest BCUT2D eigenvalue weighted by atomic mass is 17.2. The molecule has 0 aliphatic heterocycles. The first-order chi connectivity index (χ1) is 12.5. The van der Waals surface area contributed by atoms with Gasteiger partial charge in [0.05, 0.1) is 5.56 Å². The Balaban J connectivity index is 2.41. The summed E-state index contributed by atoms with van der Waals surface area (Å²) in [5, 5.41) is 0. The predicted molar refractivity (Wildman–Crippen MR) is 100 cm³/mol. The van der Waals surface area contributed by atoms with E-state index in [4.69, 9.17) is 14.5 Å². The molecule has 0 heterocycles. The van der Waals surface area contributed by atoms with Gasteiger partial charge in [-0.1, -0.05) is 70.2 Å². The van der Waals surface area contributed by atoms with Crippen molar-refractivity contribution in [2.75, 3.05) is 0 Å². The lowest BCUT2D eigenvalue weighted by Crippen LogP contribution is -2.23. The molecule has 144 valence electrons. The van der Waals surface area contributed by atoms with Gasteiger partial charge in [0.15, 0.2) is 0 Å². The first-order valence-electron chi connectivity index (χ1n) is 9.33. The molecule has 0 aliphatic rings. The van der Waals surface area contributed by atoms with Crippen molar-refractivity contribution in [3.63, 3.8) is 0 Å². The number of benzene rings is 1. The summed E-state index contributed by atoms with van der Waals surface area (Å²) in [6.07, 6.45) is 7.44. The number of unbranched alkanes of at least 4 members (excludes halogenated alkanes) is 6. The summed E-state index contributed by atoms with van der Waals surface area (Å²) in [6.45, 7) is 7.30. The van der Waals surface area contributed by atoms with Gasteiger partial charge in [-0.3, -0.25) is 4.89 Å². The molecule has 5 nitrogen and oxygen atoms in total. The van der Waals surface area contributed by atoms with Crippen LogP contribution in [0.2, 0.25) is 0 Å². The third-order valence-electron chi connectivity index (χ3n) is 3.87. The SMILES string of the molecule is C=C(C)C(=O)OC(CCCCCCCCC)OOC(=O)c1ccccc1. The van der Waals surface area contributed by atoms with Crippen molar-refractivity contribution < 1.29 is 24.1 Å². The van der Waals surface area contributed by atoms with Gasteiger partial charge in [0.2, 0.25) is 6.29 Å². The Kier molecular flexibility index (Phi) is 11.0. The van der Waals surface area contributed by atoms with Crippen LogP contribution in [-0.4, -0.2) is 18.2 Å². The minimum Gasteiger partial charge on any atom is -0.428 e. The predicted octanol–water partition coefficient (Wildman–Crippen LogP) is 5.36. The summed E-state index contributed by atoms with van der Waals surface area (Å²) in [4.78, 5) is 33.6. The van der Waals surface area contributed by atoms with Gasteiger partial charge in [0.1, 0.15) is 0 Å². The van der Waals surface area contributed by atoms with E-state index in [2.05, 4.69) is 13.5 Å². The fourth-order valence-electron chi connectivity index (χ4n) is 2.33. The van der Waals surface area contributed by atoms with E-state index in [9.17, 15) is 9.59 Å². The van der Waals surface area contributed by atoms with Crippen molar-refractivity contribution in [2.45, 2.75) is 71.5 Å². The average molecular weight is 362 g/mol. The maximum Gasteiger partial charge on any atom is 0.373 e. The third-order valence-corrected chi connectivity index (χ3v) is 3.87. The van der Waals surface area contributed by atoms with E-state index < -0.39 is 18.2 Å². The van der Waals surface area contributed by atoms with Crippen LogP contribution < -0.4 is 0 Å². The minimum absolute atomic E-state index is 0.271. The van der Waals surface area contributed by atoms with E-state index in [0.29, 0.717) is 12.0 Å². The quantitative estimate of drug-likeness (QED) is 0.118. The number of carbonyl (C=O) groups is 2. The van der Waals surface area contributed by atoms with Crippen LogP contribution in [0.5, 0.6) is 0 Å². The normalized spacial score (nSPS) is 11.6. The lowest BCUT2D eigenvalue weighted by atomic mass is 10.1. The highest BCUT2D eigenvalue weighted by Crippen LogP contribution is 2.14. The molecule has 1 atom stereocenters. The summed E-state index contributed by atoms with van der Waals surface area (Å²) in [5.41, 5.74) is 0.640. The lowest BCUT2D eigenvalue weighted by Gasteiger charge is -2.16. The van der Waals surface area contributed by atoms with Gasteiger partial charge in [0.25, 0.3) is 0 Å². The first-order valence-corrected chi connectivity index (χ1v) is 9.33. The van der Waals surface area contributed by atoms with Crippen LogP contribution in [0.4, 0.5) is 0 Å². The monoisotopic (exact) mass is 362 g/mol. The highest BCUT2D eigenvalue weighted by Gasteiger charge is 2.19. The van der Waals surface area contributed by atoms with Crippen molar-refractivity contribution in [2.24, 2.45) is 0 Å². The minimum atomic E-state index is -0.928. The second-order valence-corrected chi connectivity index (χ2v) is 6.36. The van der Waals surface area contributed by atoms with Crippen LogP contribution in [0.1, 0.15) is 75.6 Å². The van der Waals surface area contributed by atoms with E-state index >= 15 is 0 Å². The van der Waals surface area contributed by atoms with Crippen molar-refractivity contribution in [1.82, 2.24) is 0 Å². The Morgan fingerprint density at radius 1 is 1.00 bits per heavy atom. The summed E-state index contributed by atoms with van der Waals surface area (Å²) >= 11 is 0.